The monoisotopic (exact) mass is 427 g/mol. The second-order valence-corrected chi connectivity index (χ2v) is 7.03. The number of pyridine rings is 1. The molecule has 0 aliphatic carbocycles. The number of halogens is 4. The van der Waals surface area contributed by atoms with Gasteiger partial charge >= 0.3 is 6.18 Å². The molecule has 0 radical (unpaired) electrons. The molecule has 0 aliphatic heterocycles. The number of nitrogens with one attached hydrogen (secondary N) is 1. The van der Waals surface area contributed by atoms with Crippen molar-refractivity contribution >= 4 is 21.9 Å². The van der Waals surface area contributed by atoms with Crippen LogP contribution < -0.4 is 5.56 Å². The van der Waals surface area contributed by atoms with Crippen molar-refractivity contribution in [1.29, 1.82) is 0 Å². The summed E-state index contributed by atoms with van der Waals surface area (Å²) in [5.74, 6) is -0.536. The Morgan fingerprint density at radius 2 is 1.84 bits per heavy atom. The Bertz CT molecular complexity index is 1530. The SMILES string of the molecule is Cn1ncc2c3[nH]n(-c4cccc(F)c4)c(=O)c3c(-c3cccc(C(F)(F)F)c3)nc21. The third kappa shape index (κ3) is 2.98. The summed E-state index contributed by atoms with van der Waals surface area (Å²) >= 11 is 0. The summed E-state index contributed by atoms with van der Waals surface area (Å²) in [5.41, 5.74) is -0.239. The summed E-state index contributed by atoms with van der Waals surface area (Å²) in [6.45, 7) is 0. The lowest BCUT2D eigenvalue weighted by Gasteiger charge is -2.09. The first-order valence-electron chi connectivity index (χ1n) is 9.14. The summed E-state index contributed by atoms with van der Waals surface area (Å²) < 4.78 is 56.1. The van der Waals surface area contributed by atoms with Gasteiger partial charge in [0.25, 0.3) is 5.56 Å². The van der Waals surface area contributed by atoms with Crippen LogP contribution in [0.1, 0.15) is 5.56 Å². The molecule has 5 rings (SSSR count). The number of H-pyrrole nitrogens is 1. The minimum Gasteiger partial charge on any atom is -0.289 e. The molecule has 1 N–H and O–H groups in total. The molecule has 0 atom stereocenters. The molecular formula is C21H13F4N5O. The first kappa shape index (κ1) is 19.0. The van der Waals surface area contributed by atoms with Gasteiger partial charge < -0.3 is 0 Å². The third-order valence-electron chi connectivity index (χ3n) is 5.05. The molecule has 3 heterocycles. The lowest BCUT2D eigenvalue weighted by Crippen LogP contribution is -2.15. The molecule has 5 aromatic rings. The zero-order valence-corrected chi connectivity index (χ0v) is 15.9. The minimum absolute atomic E-state index is 0.0774. The molecule has 0 spiro atoms. The van der Waals surface area contributed by atoms with Crippen LogP contribution in [0.5, 0.6) is 0 Å². The Labute approximate surface area is 171 Å². The Morgan fingerprint density at radius 1 is 1.06 bits per heavy atom. The quantitative estimate of drug-likeness (QED) is 0.424. The number of nitrogens with zero attached hydrogens (tertiary/aromatic N) is 4. The van der Waals surface area contributed by atoms with Gasteiger partial charge in [-0.15, -0.1) is 0 Å². The zero-order valence-electron chi connectivity index (χ0n) is 15.9. The second kappa shape index (κ2) is 6.53. The highest BCUT2D eigenvalue weighted by molar-refractivity contribution is 6.07. The molecule has 0 saturated carbocycles. The summed E-state index contributed by atoms with van der Waals surface area (Å²) in [6.07, 6.45) is -3.04. The van der Waals surface area contributed by atoms with E-state index in [1.54, 1.807) is 7.05 Å². The van der Waals surface area contributed by atoms with E-state index < -0.39 is 23.1 Å². The van der Waals surface area contributed by atoms with E-state index in [-0.39, 0.29) is 22.3 Å². The lowest BCUT2D eigenvalue weighted by molar-refractivity contribution is -0.137. The number of hydrogen-bond donors (Lipinski definition) is 1. The van der Waals surface area contributed by atoms with Crippen molar-refractivity contribution in [1.82, 2.24) is 24.5 Å². The predicted molar refractivity (Wildman–Crippen MR) is 106 cm³/mol. The van der Waals surface area contributed by atoms with Gasteiger partial charge in [-0.1, -0.05) is 18.2 Å². The number of fused-ring (bicyclic) bond motifs is 3. The highest BCUT2D eigenvalue weighted by Gasteiger charge is 2.31. The largest absolute Gasteiger partial charge is 0.416 e. The van der Waals surface area contributed by atoms with Crippen LogP contribution in [-0.4, -0.2) is 24.5 Å². The Balaban J connectivity index is 1.88. The first-order chi connectivity index (χ1) is 14.7. The van der Waals surface area contributed by atoms with Crippen LogP contribution in [0.25, 0.3) is 38.9 Å². The van der Waals surface area contributed by atoms with E-state index in [4.69, 9.17) is 0 Å². The van der Waals surface area contributed by atoms with Crippen molar-refractivity contribution in [2.75, 3.05) is 0 Å². The standard InChI is InChI=1S/C21H13F4N5O/c1-29-19-15(10-26-29)18-16(20(31)30(28-18)14-7-3-6-13(22)9-14)17(27-19)11-4-2-5-12(8-11)21(23,24)25/h2-10,28H,1H3. The van der Waals surface area contributed by atoms with Crippen molar-refractivity contribution in [3.63, 3.8) is 0 Å². The van der Waals surface area contributed by atoms with E-state index in [1.807, 2.05) is 0 Å². The van der Waals surface area contributed by atoms with Crippen molar-refractivity contribution in [2.24, 2.45) is 7.05 Å². The van der Waals surface area contributed by atoms with Gasteiger partial charge in [0, 0.05) is 12.6 Å². The molecule has 0 fully saturated rings. The number of aromatic amines is 1. The molecule has 0 unspecified atom stereocenters. The molecular weight excluding hydrogens is 414 g/mol. The van der Waals surface area contributed by atoms with E-state index in [0.717, 1.165) is 16.8 Å². The Kier molecular flexibility index (Phi) is 4.01. The van der Waals surface area contributed by atoms with Crippen LogP contribution in [0.3, 0.4) is 0 Å². The Morgan fingerprint density at radius 3 is 2.58 bits per heavy atom. The maximum absolute atomic E-state index is 13.7. The first-order valence-corrected chi connectivity index (χ1v) is 9.14. The summed E-state index contributed by atoms with van der Waals surface area (Å²) in [5, 5.41) is 7.69. The van der Waals surface area contributed by atoms with Crippen LogP contribution in [0.2, 0.25) is 0 Å². The maximum atomic E-state index is 13.7. The maximum Gasteiger partial charge on any atom is 0.416 e. The molecule has 3 aromatic heterocycles. The molecule has 2 aromatic carbocycles. The second-order valence-electron chi connectivity index (χ2n) is 7.03. The van der Waals surface area contributed by atoms with Gasteiger partial charge in [-0.05, 0) is 30.3 Å². The average Bonchev–Trinajstić information content (AvgIpc) is 3.27. The molecule has 0 bridgehead atoms. The van der Waals surface area contributed by atoms with Gasteiger partial charge in [0.05, 0.1) is 39.4 Å². The highest BCUT2D eigenvalue weighted by Crippen LogP contribution is 2.34. The molecule has 156 valence electrons. The molecule has 6 nitrogen and oxygen atoms in total. The predicted octanol–water partition coefficient (Wildman–Crippen LogP) is 4.43. The fourth-order valence-corrected chi connectivity index (χ4v) is 3.60. The number of aromatic nitrogens is 5. The summed E-state index contributed by atoms with van der Waals surface area (Å²) in [7, 11) is 1.64. The Hall–Kier alpha value is -3.95. The van der Waals surface area contributed by atoms with Gasteiger partial charge in [-0.2, -0.15) is 18.3 Å². The number of benzene rings is 2. The van der Waals surface area contributed by atoms with E-state index >= 15 is 0 Å². The van der Waals surface area contributed by atoms with Crippen LogP contribution in [0.4, 0.5) is 17.6 Å². The zero-order chi connectivity index (χ0) is 21.9. The van der Waals surface area contributed by atoms with Crippen LogP contribution in [0.15, 0.2) is 59.5 Å². The van der Waals surface area contributed by atoms with Gasteiger partial charge in [0.2, 0.25) is 0 Å². The van der Waals surface area contributed by atoms with E-state index in [1.165, 1.54) is 47.3 Å². The average molecular weight is 427 g/mol. The van der Waals surface area contributed by atoms with E-state index in [2.05, 4.69) is 15.2 Å². The number of aryl methyl sites for hydroxylation is 1. The van der Waals surface area contributed by atoms with Crippen molar-refractivity contribution in [3.8, 4) is 16.9 Å². The van der Waals surface area contributed by atoms with E-state index in [0.29, 0.717) is 16.6 Å². The third-order valence-corrected chi connectivity index (χ3v) is 5.05. The fraction of sp³-hybridized carbons (Fsp3) is 0.0952. The number of hydrogen-bond acceptors (Lipinski definition) is 3. The van der Waals surface area contributed by atoms with E-state index in [9.17, 15) is 22.4 Å². The molecule has 31 heavy (non-hydrogen) atoms. The van der Waals surface area contributed by atoms with Crippen LogP contribution in [0, 0.1) is 5.82 Å². The van der Waals surface area contributed by atoms with Crippen LogP contribution >= 0.6 is 0 Å². The molecule has 0 amide bonds. The number of rotatable bonds is 2. The highest BCUT2D eigenvalue weighted by atomic mass is 19.4. The minimum atomic E-state index is -4.55. The molecule has 10 heteroatoms. The van der Waals surface area contributed by atoms with Gasteiger partial charge in [-0.3, -0.25) is 14.6 Å². The summed E-state index contributed by atoms with van der Waals surface area (Å²) in [4.78, 5) is 17.8. The summed E-state index contributed by atoms with van der Waals surface area (Å²) in [6, 6.07) is 10.0. The van der Waals surface area contributed by atoms with Crippen molar-refractivity contribution in [3.05, 3.63) is 76.5 Å². The van der Waals surface area contributed by atoms with Crippen molar-refractivity contribution in [2.45, 2.75) is 6.18 Å². The van der Waals surface area contributed by atoms with Crippen molar-refractivity contribution < 1.29 is 17.6 Å². The van der Waals surface area contributed by atoms with Gasteiger partial charge in [-0.25, -0.2) is 14.1 Å². The topological polar surface area (TPSA) is 68.5 Å². The van der Waals surface area contributed by atoms with Gasteiger partial charge in [0.15, 0.2) is 5.65 Å². The smallest absolute Gasteiger partial charge is 0.289 e. The van der Waals surface area contributed by atoms with Gasteiger partial charge in [0.1, 0.15) is 5.82 Å². The molecule has 0 saturated heterocycles. The lowest BCUT2D eigenvalue weighted by atomic mass is 10.0. The normalized spacial score (nSPS) is 12.2. The number of alkyl halides is 3. The fourth-order valence-electron chi connectivity index (χ4n) is 3.60. The molecule has 0 aliphatic rings. The van der Waals surface area contributed by atoms with Crippen LogP contribution in [-0.2, 0) is 13.2 Å².